The lowest BCUT2D eigenvalue weighted by Crippen LogP contribution is -2.42. The SMILES string of the molecule is Cc1cc(OCC(C)(O)C(C)O)ccc1[N+](=O)[O-]. The van der Waals surface area contributed by atoms with Crippen LogP contribution in [0, 0.1) is 17.0 Å². The van der Waals surface area contributed by atoms with Crippen LogP contribution in [-0.2, 0) is 0 Å². The van der Waals surface area contributed by atoms with Crippen LogP contribution in [0.1, 0.15) is 19.4 Å². The molecule has 0 bridgehead atoms. The average molecular weight is 255 g/mol. The van der Waals surface area contributed by atoms with Gasteiger partial charge in [0.25, 0.3) is 5.69 Å². The Morgan fingerprint density at radius 3 is 2.61 bits per heavy atom. The van der Waals surface area contributed by atoms with Crippen molar-refractivity contribution in [2.45, 2.75) is 32.5 Å². The van der Waals surface area contributed by atoms with Gasteiger partial charge in [0, 0.05) is 11.6 Å². The number of aliphatic hydroxyl groups is 2. The summed E-state index contributed by atoms with van der Waals surface area (Å²) in [7, 11) is 0. The molecule has 0 aliphatic carbocycles. The van der Waals surface area contributed by atoms with E-state index in [1.807, 2.05) is 0 Å². The van der Waals surface area contributed by atoms with E-state index in [0.717, 1.165) is 0 Å². The molecule has 0 amide bonds. The molecule has 1 aromatic rings. The van der Waals surface area contributed by atoms with Crippen molar-refractivity contribution in [1.82, 2.24) is 0 Å². The van der Waals surface area contributed by atoms with Gasteiger partial charge in [0.1, 0.15) is 18.0 Å². The molecular formula is C12H17NO5. The topological polar surface area (TPSA) is 92.8 Å². The van der Waals surface area contributed by atoms with E-state index in [9.17, 15) is 20.3 Å². The third-order valence-electron chi connectivity index (χ3n) is 2.80. The van der Waals surface area contributed by atoms with Crippen LogP contribution in [0.15, 0.2) is 18.2 Å². The van der Waals surface area contributed by atoms with Crippen LogP contribution in [0.4, 0.5) is 5.69 Å². The van der Waals surface area contributed by atoms with Crippen molar-refractivity contribution in [3.05, 3.63) is 33.9 Å². The first-order valence-corrected chi connectivity index (χ1v) is 5.52. The Morgan fingerprint density at radius 1 is 1.56 bits per heavy atom. The smallest absolute Gasteiger partial charge is 0.272 e. The van der Waals surface area contributed by atoms with Crippen molar-refractivity contribution in [2.24, 2.45) is 0 Å². The Kier molecular flexibility index (Phi) is 4.26. The Balaban J connectivity index is 2.76. The van der Waals surface area contributed by atoms with Gasteiger partial charge in [-0.25, -0.2) is 0 Å². The molecule has 6 nitrogen and oxygen atoms in total. The fourth-order valence-corrected chi connectivity index (χ4v) is 1.27. The van der Waals surface area contributed by atoms with E-state index < -0.39 is 16.6 Å². The van der Waals surface area contributed by atoms with Crippen LogP contribution in [0.3, 0.4) is 0 Å². The number of aliphatic hydroxyl groups excluding tert-OH is 1. The molecular weight excluding hydrogens is 238 g/mol. The number of nitro benzene ring substituents is 1. The summed E-state index contributed by atoms with van der Waals surface area (Å²) in [6, 6.07) is 4.33. The summed E-state index contributed by atoms with van der Waals surface area (Å²) in [6.45, 7) is 4.43. The predicted octanol–water partition coefficient (Wildman–Crippen LogP) is 1.41. The number of aryl methyl sites for hydroxylation is 1. The van der Waals surface area contributed by atoms with E-state index in [2.05, 4.69) is 0 Å². The second-order valence-corrected chi connectivity index (χ2v) is 4.53. The summed E-state index contributed by atoms with van der Waals surface area (Å²) in [6.07, 6.45) is -0.934. The average Bonchev–Trinajstić information content (AvgIpc) is 2.25. The summed E-state index contributed by atoms with van der Waals surface area (Å²) >= 11 is 0. The van der Waals surface area contributed by atoms with Gasteiger partial charge in [0.05, 0.1) is 11.0 Å². The number of nitrogens with zero attached hydrogens (tertiary/aromatic N) is 1. The molecule has 2 unspecified atom stereocenters. The molecule has 0 radical (unpaired) electrons. The van der Waals surface area contributed by atoms with Crippen molar-refractivity contribution in [3.63, 3.8) is 0 Å². The second-order valence-electron chi connectivity index (χ2n) is 4.53. The fourth-order valence-electron chi connectivity index (χ4n) is 1.27. The lowest BCUT2D eigenvalue weighted by Gasteiger charge is -2.26. The lowest BCUT2D eigenvalue weighted by molar-refractivity contribution is -0.385. The van der Waals surface area contributed by atoms with Crippen molar-refractivity contribution in [3.8, 4) is 5.75 Å². The Hall–Kier alpha value is -1.66. The molecule has 0 aliphatic heterocycles. The van der Waals surface area contributed by atoms with Gasteiger partial charge in [-0.2, -0.15) is 0 Å². The molecule has 0 aromatic heterocycles. The molecule has 6 heteroatoms. The number of benzene rings is 1. The molecule has 18 heavy (non-hydrogen) atoms. The van der Waals surface area contributed by atoms with Crippen molar-refractivity contribution in [2.75, 3.05) is 6.61 Å². The van der Waals surface area contributed by atoms with Crippen LogP contribution >= 0.6 is 0 Å². The predicted molar refractivity (Wildman–Crippen MR) is 65.6 cm³/mol. The third kappa shape index (κ3) is 3.41. The van der Waals surface area contributed by atoms with Crippen LogP contribution in [0.5, 0.6) is 5.75 Å². The standard InChI is InChI=1S/C12H17NO5/c1-8-6-10(4-5-11(8)13(16)17)18-7-12(3,15)9(2)14/h4-6,9,14-15H,7H2,1-3H3. The minimum Gasteiger partial charge on any atom is -0.490 e. The first-order chi connectivity index (χ1) is 8.24. The Morgan fingerprint density at radius 2 is 2.17 bits per heavy atom. The molecule has 0 fully saturated rings. The zero-order valence-corrected chi connectivity index (χ0v) is 10.6. The highest BCUT2D eigenvalue weighted by Crippen LogP contribution is 2.24. The summed E-state index contributed by atoms with van der Waals surface area (Å²) in [5.74, 6) is 0.416. The van der Waals surface area contributed by atoms with E-state index in [1.165, 1.54) is 32.0 Å². The zero-order chi connectivity index (χ0) is 13.9. The number of ether oxygens (including phenoxy) is 1. The first kappa shape index (κ1) is 14.4. The van der Waals surface area contributed by atoms with E-state index in [0.29, 0.717) is 11.3 Å². The monoisotopic (exact) mass is 255 g/mol. The molecule has 2 N–H and O–H groups in total. The van der Waals surface area contributed by atoms with Gasteiger partial charge < -0.3 is 14.9 Å². The molecule has 0 saturated carbocycles. The quantitative estimate of drug-likeness (QED) is 0.613. The van der Waals surface area contributed by atoms with Crippen LogP contribution in [0.2, 0.25) is 0 Å². The highest BCUT2D eigenvalue weighted by atomic mass is 16.6. The molecule has 0 aliphatic rings. The second kappa shape index (κ2) is 5.32. The fraction of sp³-hybridized carbons (Fsp3) is 0.500. The van der Waals surface area contributed by atoms with Gasteiger partial charge in [0.15, 0.2) is 0 Å². The molecule has 0 saturated heterocycles. The normalized spacial score (nSPS) is 15.8. The Bertz CT molecular complexity index is 442. The van der Waals surface area contributed by atoms with E-state index in [1.54, 1.807) is 6.92 Å². The van der Waals surface area contributed by atoms with Crippen molar-refractivity contribution in [1.29, 1.82) is 0 Å². The van der Waals surface area contributed by atoms with Gasteiger partial charge in [0.2, 0.25) is 0 Å². The number of nitro groups is 1. The maximum Gasteiger partial charge on any atom is 0.272 e. The third-order valence-corrected chi connectivity index (χ3v) is 2.80. The van der Waals surface area contributed by atoms with Gasteiger partial charge in [-0.1, -0.05) is 0 Å². The maximum atomic E-state index is 10.6. The molecule has 0 spiro atoms. The number of hydrogen-bond acceptors (Lipinski definition) is 5. The number of rotatable bonds is 5. The largest absolute Gasteiger partial charge is 0.490 e. The molecule has 2 atom stereocenters. The van der Waals surface area contributed by atoms with Gasteiger partial charge >= 0.3 is 0 Å². The van der Waals surface area contributed by atoms with E-state index in [4.69, 9.17) is 4.74 Å². The van der Waals surface area contributed by atoms with E-state index >= 15 is 0 Å². The van der Waals surface area contributed by atoms with Gasteiger partial charge in [-0.15, -0.1) is 0 Å². The van der Waals surface area contributed by atoms with Gasteiger partial charge in [-0.3, -0.25) is 10.1 Å². The Labute approximate surface area is 105 Å². The maximum absolute atomic E-state index is 10.6. The molecule has 100 valence electrons. The van der Waals surface area contributed by atoms with Crippen molar-refractivity contribution < 1.29 is 19.9 Å². The van der Waals surface area contributed by atoms with Gasteiger partial charge in [-0.05, 0) is 32.9 Å². The van der Waals surface area contributed by atoms with Crippen LogP contribution in [-0.4, -0.2) is 33.4 Å². The summed E-state index contributed by atoms with van der Waals surface area (Å²) < 4.78 is 5.32. The molecule has 1 rings (SSSR count). The molecule has 0 heterocycles. The lowest BCUT2D eigenvalue weighted by atomic mass is 10.0. The summed E-state index contributed by atoms with van der Waals surface area (Å²) in [4.78, 5) is 10.2. The highest BCUT2D eigenvalue weighted by Gasteiger charge is 2.27. The van der Waals surface area contributed by atoms with E-state index in [-0.39, 0.29) is 12.3 Å². The van der Waals surface area contributed by atoms with Crippen molar-refractivity contribution >= 4 is 5.69 Å². The summed E-state index contributed by atoms with van der Waals surface area (Å²) in [5, 5.41) is 29.7. The first-order valence-electron chi connectivity index (χ1n) is 5.52. The summed E-state index contributed by atoms with van der Waals surface area (Å²) in [5.41, 5.74) is -0.866. The minimum absolute atomic E-state index is 0.0182. The number of hydrogen-bond donors (Lipinski definition) is 2. The highest BCUT2D eigenvalue weighted by molar-refractivity contribution is 5.44. The van der Waals surface area contributed by atoms with Crippen LogP contribution < -0.4 is 4.74 Å². The van der Waals surface area contributed by atoms with Crippen LogP contribution in [0.25, 0.3) is 0 Å². The molecule has 1 aromatic carbocycles. The zero-order valence-electron chi connectivity index (χ0n) is 10.6. The minimum atomic E-state index is -1.37.